The summed E-state index contributed by atoms with van der Waals surface area (Å²) in [5.41, 5.74) is 3.53. The standard InChI is InChI=1S/C18H19BrN2O/c1-12(18(22)21-15-9-7-14(19)8-10-15)20-17-11-6-13-4-2-3-5-16(13)17/h2-5,7-10,12,17,20H,6,11H2,1H3,(H,21,22)/t12-,17-/m1/s1. The lowest BCUT2D eigenvalue weighted by atomic mass is 10.1. The Morgan fingerprint density at radius 2 is 1.91 bits per heavy atom. The lowest BCUT2D eigenvalue weighted by Crippen LogP contribution is -2.39. The van der Waals surface area contributed by atoms with Crippen molar-refractivity contribution in [1.82, 2.24) is 5.32 Å². The van der Waals surface area contributed by atoms with Crippen molar-refractivity contribution in [3.05, 3.63) is 64.1 Å². The highest BCUT2D eigenvalue weighted by Crippen LogP contribution is 2.31. The van der Waals surface area contributed by atoms with E-state index in [1.54, 1.807) is 0 Å². The number of amides is 1. The molecule has 0 saturated carbocycles. The van der Waals surface area contributed by atoms with Gasteiger partial charge in [-0.15, -0.1) is 0 Å². The Hall–Kier alpha value is -1.65. The van der Waals surface area contributed by atoms with Gasteiger partial charge in [-0.25, -0.2) is 0 Å². The minimum absolute atomic E-state index is 0.00768. The van der Waals surface area contributed by atoms with Crippen LogP contribution in [0.15, 0.2) is 53.0 Å². The molecule has 3 rings (SSSR count). The zero-order valence-corrected chi connectivity index (χ0v) is 14.1. The molecule has 0 fully saturated rings. The Balaban J connectivity index is 1.61. The Morgan fingerprint density at radius 3 is 2.68 bits per heavy atom. The second-order valence-electron chi connectivity index (χ2n) is 5.67. The Labute approximate surface area is 139 Å². The third kappa shape index (κ3) is 3.39. The molecular weight excluding hydrogens is 340 g/mol. The SMILES string of the molecule is C[C@@H](N[C@@H]1CCc2ccccc21)C(=O)Nc1ccc(Br)cc1. The van der Waals surface area contributed by atoms with Crippen molar-refractivity contribution in [1.29, 1.82) is 0 Å². The highest BCUT2D eigenvalue weighted by atomic mass is 79.9. The van der Waals surface area contributed by atoms with E-state index in [0.29, 0.717) is 0 Å². The smallest absolute Gasteiger partial charge is 0.241 e. The van der Waals surface area contributed by atoms with Crippen molar-refractivity contribution in [2.75, 3.05) is 5.32 Å². The lowest BCUT2D eigenvalue weighted by Gasteiger charge is -2.20. The first kappa shape index (κ1) is 15.3. The molecule has 0 spiro atoms. The summed E-state index contributed by atoms with van der Waals surface area (Å²) < 4.78 is 0.999. The van der Waals surface area contributed by atoms with Crippen molar-refractivity contribution in [2.24, 2.45) is 0 Å². The van der Waals surface area contributed by atoms with Gasteiger partial charge >= 0.3 is 0 Å². The zero-order chi connectivity index (χ0) is 15.5. The van der Waals surface area contributed by atoms with E-state index < -0.39 is 0 Å². The van der Waals surface area contributed by atoms with Crippen LogP contribution in [-0.2, 0) is 11.2 Å². The molecule has 3 nitrogen and oxygen atoms in total. The molecule has 4 heteroatoms. The summed E-state index contributed by atoms with van der Waals surface area (Å²) in [7, 11) is 0. The van der Waals surface area contributed by atoms with Gasteiger partial charge in [-0.1, -0.05) is 40.2 Å². The van der Waals surface area contributed by atoms with Crippen LogP contribution in [0.1, 0.15) is 30.5 Å². The molecule has 1 aliphatic carbocycles. The van der Waals surface area contributed by atoms with E-state index in [4.69, 9.17) is 0 Å². The van der Waals surface area contributed by atoms with Crippen LogP contribution >= 0.6 is 15.9 Å². The normalized spacial score (nSPS) is 17.8. The number of hydrogen-bond acceptors (Lipinski definition) is 2. The van der Waals surface area contributed by atoms with Gasteiger partial charge in [-0.05, 0) is 55.2 Å². The van der Waals surface area contributed by atoms with E-state index in [1.165, 1.54) is 11.1 Å². The number of carbonyl (C=O) groups is 1. The minimum atomic E-state index is -0.236. The van der Waals surface area contributed by atoms with Crippen LogP contribution in [0.4, 0.5) is 5.69 Å². The maximum absolute atomic E-state index is 12.3. The summed E-state index contributed by atoms with van der Waals surface area (Å²) in [4.78, 5) is 12.3. The number of aryl methyl sites for hydroxylation is 1. The van der Waals surface area contributed by atoms with Crippen LogP contribution in [0.5, 0.6) is 0 Å². The zero-order valence-electron chi connectivity index (χ0n) is 12.5. The first-order valence-corrected chi connectivity index (χ1v) is 8.33. The van der Waals surface area contributed by atoms with Crippen LogP contribution < -0.4 is 10.6 Å². The van der Waals surface area contributed by atoms with E-state index in [0.717, 1.165) is 23.0 Å². The number of nitrogens with one attached hydrogen (secondary N) is 2. The largest absolute Gasteiger partial charge is 0.325 e. The van der Waals surface area contributed by atoms with Gasteiger partial charge in [-0.3, -0.25) is 10.1 Å². The minimum Gasteiger partial charge on any atom is -0.325 e. The van der Waals surface area contributed by atoms with Crippen molar-refractivity contribution in [2.45, 2.75) is 31.8 Å². The number of fused-ring (bicyclic) bond motifs is 1. The molecule has 0 heterocycles. The molecule has 2 aromatic rings. The number of rotatable bonds is 4. The topological polar surface area (TPSA) is 41.1 Å². The number of carbonyl (C=O) groups excluding carboxylic acids is 1. The maximum atomic E-state index is 12.3. The quantitative estimate of drug-likeness (QED) is 0.865. The summed E-state index contributed by atoms with van der Waals surface area (Å²) in [6.07, 6.45) is 2.13. The predicted octanol–water partition coefficient (Wildman–Crippen LogP) is 4.05. The Bertz CT molecular complexity index is 669. The van der Waals surface area contributed by atoms with Crippen LogP contribution in [0.2, 0.25) is 0 Å². The molecule has 0 radical (unpaired) electrons. The van der Waals surface area contributed by atoms with Gasteiger partial charge in [0, 0.05) is 16.2 Å². The van der Waals surface area contributed by atoms with Crippen LogP contribution in [-0.4, -0.2) is 11.9 Å². The molecule has 2 N–H and O–H groups in total. The molecule has 0 saturated heterocycles. The summed E-state index contributed by atoms with van der Waals surface area (Å²) in [6, 6.07) is 16.1. The van der Waals surface area contributed by atoms with E-state index >= 15 is 0 Å². The molecule has 114 valence electrons. The average molecular weight is 359 g/mol. The molecule has 2 atom stereocenters. The average Bonchev–Trinajstić information content (AvgIpc) is 2.93. The molecule has 1 aliphatic rings. The fraction of sp³-hybridized carbons (Fsp3) is 0.278. The lowest BCUT2D eigenvalue weighted by molar-refractivity contribution is -0.118. The van der Waals surface area contributed by atoms with Crippen LogP contribution in [0.25, 0.3) is 0 Å². The van der Waals surface area contributed by atoms with E-state index in [9.17, 15) is 4.79 Å². The summed E-state index contributed by atoms with van der Waals surface area (Å²) in [5, 5.41) is 6.39. The van der Waals surface area contributed by atoms with Gasteiger partial charge in [0.15, 0.2) is 0 Å². The number of halogens is 1. The molecule has 22 heavy (non-hydrogen) atoms. The fourth-order valence-corrected chi connectivity index (χ4v) is 3.16. The van der Waals surface area contributed by atoms with Crippen LogP contribution in [0, 0.1) is 0 Å². The number of benzene rings is 2. The second-order valence-corrected chi connectivity index (χ2v) is 6.59. The maximum Gasteiger partial charge on any atom is 0.241 e. The third-order valence-corrected chi connectivity index (χ3v) is 4.62. The first-order chi connectivity index (χ1) is 10.6. The molecule has 0 unspecified atom stereocenters. The highest BCUT2D eigenvalue weighted by molar-refractivity contribution is 9.10. The van der Waals surface area contributed by atoms with E-state index in [2.05, 4.69) is 50.8 Å². The molecule has 0 bridgehead atoms. The first-order valence-electron chi connectivity index (χ1n) is 7.54. The van der Waals surface area contributed by atoms with Crippen molar-refractivity contribution in [3.63, 3.8) is 0 Å². The molecule has 0 aliphatic heterocycles. The second kappa shape index (κ2) is 6.63. The highest BCUT2D eigenvalue weighted by Gasteiger charge is 2.25. The van der Waals surface area contributed by atoms with Gasteiger partial charge in [0.05, 0.1) is 6.04 Å². The number of anilines is 1. The predicted molar refractivity (Wildman–Crippen MR) is 92.9 cm³/mol. The fourth-order valence-electron chi connectivity index (χ4n) is 2.89. The third-order valence-electron chi connectivity index (χ3n) is 4.09. The van der Waals surface area contributed by atoms with Crippen LogP contribution in [0.3, 0.4) is 0 Å². The van der Waals surface area contributed by atoms with Gasteiger partial charge in [0.25, 0.3) is 0 Å². The molecule has 2 aromatic carbocycles. The van der Waals surface area contributed by atoms with E-state index in [-0.39, 0.29) is 18.0 Å². The Kier molecular flexibility index (Phi) is 4.60. The molecule has 0 aromatic heterocycles. The van der Waals surface area contributed by atoms with Gasteiger partial charge in [0.2, 0.25) is 5.91 Å². The summed E-state index contributed by atoms with van der Waals surface area (Å²) >= 11 is 3.39. The van der Waals surface area contributed by atoms with Gasteiger partial charge in [-0.2, -0.15) is 0 Å². The van der Waals surface area contributed by atoms with Gasteiger partial charge < -0.3 is 5.32 Å². The molecular formula is C18H19BrN2O. The summed E-state index contributed by atoms with van der Waals surface area (Å²) in [5.74, 6) is -0.00768. The van der Waals surface area contributed by atoms with Crippen molar-refractivity contribution >= 4 is 27.5 Å². The van der Waals surface area contributed by atoms with E-state index in [1.807, 2.05) is 31.2 Å². The van der Waals surface area contributed by atoms with Crippen molar-refractivity contribution in [3.8, 4) is 0 Å². The Morgan fingerprint density at radius 1 is 1.18 bits per heavy atom. The monoisotopic (exact) mass is 358 g/mol. The number of hydrogen-bond donors (Lipinski definition) is 2. The van der Waals surface area contributed by atoms with Gasteiger partial charge in [0.1, 0.15) is 0 Å². The summed E-state index contributed by atoms with van der Waals surface area (Å²) in [6.45, 7) is 1.91. The van der Waals surface area contributed by atoms with Crippen molar-refractivity contribution < 1.29 is 4.79 Å². The molecule has 1 amide bonds.